The number of rotatable bonds is 8. The Hall–Kier alpha value is -3.65. The first-order valence-electron chi connectivity index (χ1n) is 14.6. The van der Waals surface area contributed by atoms with Gasteiger partial charge in [0.25, 0.3) is 5.88 Å². The summed E-state index contributed by atoms with van der Waals surface area (Å²) in [5.41, 5.74) is 2.39. The summed E-state index contributed by atoms with van der Waals surface area (Å²) in [6.07, 6.45) is 2.94. The highest BCUT2D eigenvalue weighted by molar-refractivity contribution is 7.92. The van der Waals surface area contributed by atoms with Gasteiger partial charge in [0.05, 0.1) is 43.6 Å². The highest BCUT2D eigenvalue weighted by Gasteiger charge is 2.26. The molecule has 1 atom stereocenters. The molecule has 236 valence electrons. The molecule has 2 aliphatic rings. The van der Waals surface area contributed by atoms with Crippen molar-refractivity contribution in [2.24, 2.45) is 0 Å². The van der Waals surface area contributed by atoms with Crippen molar-refractivity contribution >= 4 is 28.8 Å². The molecule has 2 fully saturated rings. The van der Waals surface area contributed by atoms with Crippen LogP contribution in [-0.2, 0) is 27.4 Å². The molecule has 13 heteroatoms. The second-order valence-electron chi connectivity index (χ2n) is 11.7. The monoisotopic (exact) mass is 626 g/mol. The predicted octanol–water partition coefficient (Wildman–Crippen LogP) is 4.32. The third-order valence-electron chi connectivity index (χ3n) is 7.28. The molecule has 2 saturated heterocycles. The van der Waals surface area contributed by atoms with E-state index in [0.717, 1.165) is 24.3 Å². The van der Waals surface area contributed by atoms with Gasteiger partial charge in [-0.3, -0.25) is 9.88 Å². The number of morpholine rings is 1. The van der Waals surface area contributed by atoms with E-state index in [9.17, 15) is 9.35 Å². The van der Waals surface area contributed by atoms with Crippen molar-refractivity contribution in [2.45, 2.75) is 37.8 Å². The second kappa shape index (κ2) is 14.0. The van der Waals surface area contributed by atoms with E-state index in [1.165, 1.54) is 13.2 Å². The molecular formula is C31H39FN6O5S. The fourth-order valence-corrected chi connectivity index (χ4v) is 6.02. The number of carbonyl (C=O) groups excluding carboxylic acids is 1. The van der Waals surface area contributed by atoms with Crippen LogP contribution in [0.15, 0.2) is 53.7 Å². The molecule has 2 aliphatic heterocycles. The SMILES string of the molecule is COc1ncc(N2CCOCC2)cc1[S+]([O-])Nc1ccnc(-c2ccc(CN3CCN(C(=O)OC(C)(C)C)CC3)cc2F)c1. The Bertz CT molecular complexity index is 1440. The number of ether oxygens (including phenoxy) is 3. The maximum absolute atomic E-state index is 15.3. The minimum absolute atomic E-state index is 0.259. The van der Waals surface area contributed by atoms with E-state index in [1.807, 2.05) is 26.8 Å². The van der Waals surface area contributed by atoms with Crippen LogP contribution < -0.4 is 14.4 Å². The second-order valence-corrected chi connectivity index (χ2v) is 12.8. The van der Waals surface area contributed by atoms with Crippen LogP contribution in [-0.4, -0.2) is 95.6 Å². The number of anilines is 2. The Morgan fingerprint density at radius 2 is 1.82 bits per heavy atom. The molecule has 1 unspecified atom stereocenters. The van der Waals surface area contributed by atoms with E-state index < -0.39 is 22.8 Å². The van der Waals surface area contributed by atoms with Gasteiger partial charge >= 0.3 is 6.09 Å². The lowest BCUT2D eigenvalue weighted by molar-refractivity contribution is 0.0139. The summed E-state index contributed by atoms with van der Waals surface area (Å²) in [6, 6.07) is 10.3. The normalized spacial score (nSPS) is 16.9. The largest absolute Gasteiger partial charge is 0.588 e. The number of benzene rings is 1. The molecule has 1 aromatic carbocycles. The summed E-state index contributed by atoms with van der Waals surface area (Å²) < 4.78 is 48.0. The maximum atomic E-state index is 15.3. The molecule has 0 aliphatic carbocycles. The van der Waals surface area contributed by atoms with Crippen molar-refractivity contribution in [3.63, 3.8) is 0 Å². The molecule has 1 amide bonds. The van der Waals surface area contributed by atoms with E-state index in [4.69, 9.17) is 14.2 Å². The minimum atomic E-state index is -1.70. The summed E-state index contributed by atoms with van der Waals surface area (Å²) in [6.45, 7) is 11.2. The molecule has 3 aromatic rings. The Labute approximate surface area is 260 Å². The number of halogens is 1. The summed E-state index contributed by atoms with van der Waals surface area (Å²) >= 11 is -1.70. The number of nitrogens with zero attached hydrogens (tertiary/aromatic N) is 5. The molecular weight excluding hydrogens is 587 g/mol. The molecule has 1 N–H and O–H groups in total. The lowest BCUT2D eigenvalue weighted by Crippen LogP contribution is -2.49. The number of aromatic nitrogens is 2. The van der Waals surface area contributed by atoms with Gasteiger partial charge in [-0.05, 0) is 50.6 Å². The van der Waals surface area contributed by atoms with Gasteiger partial charge in [0.1, 0.15) is 22.8 Å². The first-order valence-corrected chi connectivity index (χ1v) is 15.7. The third-order valence-corrected chi connectivity index (χ3v) is 8.40. The number of carbonyl (C=O) groups is 1. The summed E-state index contributed by atoms with van der Waals surface area (Å²) in [5.74, 6) is -0.139. The number of amides is 1. The standard InChI is InChI=1S/C31H39FN6O5S/c1-31(2,3)43-30(39)38-11-9-36(10-12-38)21-22-5-6-25(26(32)17-22)27-18-23(7-8-33-27)35-44(40)28-19-24(20-34-29(28)41-4)37-13-15-42-16-14-37/h5-8,17-20H,9-16,21H2,1-4H3,(H,33,35). The fraction of sp³-hybridized carbons (Fsp3) is 0.452. The fourth-order valence-electron chi connectivity index (χ4n) is 5.04. The van der Waals surface area contributed by atoms with Crippen LogP contribution in [0.5, 0.6) is 5.88 Å². The highest BCUT2D eigenvalue weighted by Crippen LogP contribution is 2.30. The average Bonchev–Trinajstić information content (AvgIpc) is 3.01. The van der Waals surface area contributed by atoms with Crippen molar-refractivity contribution in [1.29, 1.82) is 0 Å². The van der Waals surface area contributed by atoms with Gasteiger partial charge in [0, 0.05) is 63.6 Å². The zero-order chi connectivity index (χ0) is 31.3. The van der Waals surface area contributed by atoms with Crippen LogP contribution in [0.3, 0.4) is 0 Å². The zero-order valence-corrected chi connectivity index (χ0v) is 26.4. The Kier molecular flexibility index (Phi) is 10.1. The van der Waals surface area contributed by atoms with Gasteiger partial charge in [0.2, 0.25) is 4.90 Å². The number of hydrogen-bond acceptors (Lipinski definition) is 10. The topological polar surface area (TPSA) is 115 Å². The van der Waals surface area contributed by atoms with Gasteiger partial charge in [-0.1, -0.05) is 6.07 Å². The molecule has 0 saturated carbocycles. The molecule has 5 rings (SSSR count). The van der Waals surface area contributed by atoms with Gasteiger partial charge in [-0.2, -0.15) is 0 Å². The van der Waals surface area contributed by atoms with Crippen molar-refractivity contribution in [1.82, 2.24) is 19.8 Å². The van der Waals surface area contributed by atoms with Crippen LogP contribution in [0.2, 0.25) is 0 Å². The lowest BCUT2D eigenvalue weighted by Gasteiger charge is -2.35. The minimum Gasteiger partial charge on any atom is -0.588 e. The number of hydrogen-bond donors (Lipinski definition) is 1. The van der Waals surface area contributed by atoms with Crippen LogP contribution in [0, 0.1) is 5.82 Å². The smallest absolute Gasteiger partial charge is 0.410 e. The third kappa shape index (κ3) is 8.08. The molecule has 4 heterocycles. The van der Waals surface area contributed by atoms with Crippen molar-refractivity contribution in [2.75, 3.05) is 69.2 Å². The van der Waals surface area contributed by atoms with E-state index >= 15 is 4.39 Å². The molecule has 44 heavy (non-hydrogen) atoms. The van der Waals surface area contributed by atoms with Crippen molar-refractivity contribution in [3.05, 3.63) is 60.2 Å². The van der Waals surface area contributed by atoms with Crippen molar-refractivity contribution < 1.29 is 27.9 Å². The van der Waals surface area contributed by atoms with Gasteiger partial charge in [-0.15, -0.1) is 0 Å². The van der Waals surface area contributed by atoms with Crippen LogP contribution >= 0.6 is 0 Å². The van der Waals surface area contributed by atoms with Gasteiger partial charge in [0.15, 0.2) is 0 Å². The highest BCUT2D eigenvalue weighted by atomic mass is 32.2. The average molecular weight is 627 g/mol. The number of piperazine rings is 1. The van der Waals surface area contributed by atoms with E-state index in [1.54, 1.807) is 41.6 Å². The number of methoxy groups -OCH3 is 1. The van der Waals surface area contributed by atoms with Crippen LogP contribution in [0.1, 0.15) is 26.3 Å². The Morgan fingerprint density at radius 3 is 2.50 bits per heavy atom. The summed E-state index contributed by atoms with van der Waals surface area (Å²) in [5, 5.41) is 0. The van der Waals surface area contributed by atoms with Gasteiger partial charge in [-0.25, -0.2) is 18.9 Å². The number of pyridine rings is 2. The van der Waals surface area contributed by atoms with Crippen LogP contribution in [0.25, 0.3) is 11.3 Å². The summed E-state index contributed by atoms with van der Waals surface area (Å²) in [4.78, 5) is 27.5. The maximum Gasteiger partial charge on any atom is 0.410 e. The Morgan fingerprint density at radius 1 is 1.07 bits per heavy atom. The van der Waals surface area contributed by atoms with E-state index in [0.29, 0.717) is 67.8 Å². The Balaban J connectivity index is 1.22. The predicted molar refractivity (Wildman–Crippen MR) is 167 cm³/mol. The molecule has 11 nitrogen and oxygen atoms in total. The lowest BCUT2D eigenvalue weighted by atomic mass is 10.1. The molecule has 0 radical (unpaired) electrons. The molecule has 2 aromatic heterocycles. The van der Waals surface area contributed by atoms with Crippen molar-refractivity contribution in [3.8, 4) is 17.1 Å². The first kappa shape index (κ1) is 31.8. The van der Waals surface area contributed by atoms with E-state index in [2.05, 4.69) is 24.5 Å². The first-order chi connectivity index (χ1) is 21.1. The van der Waals surface area contributed by atoms with Gasteiger partial charge < -0.3 is 28.6 Å². The summed E-state index contributed by atoms with van der Waals surface area (Å²) in [7, 11) is 1.48. The van der Waals surface area contributed by atoms with Crippen LogP contribution in [0.4, 0.5) is 20.6 Å². The quantitative estimate of drug-likeness (QED) is 0.363. The van der Waals surface area contributed by atoms with E-state index in [-0.39, 0.29) is 12.0 Å². The zero-order valence-electron chi connectivity index (χ0n) is 25.5. The molecule has 0 spiro atoms. The number of nitrogens with one attached hydrogen (secondary N) is 1. The molecule has 0 bridgehead atoms.